The smallest absolute Gasteiger partial charge is 0.254 e. The quantitative estimate of drug-likeness (QED) is 0.914. The molecule has 1 unspecified atom stereocenters. The number of amides is 1. The molecule has 2 aromatic rings. The predicted molar refractivity (Wildman–Crippen MR) is 68.6 cm³/mol. The minimum Gasteiger partial charge on any atom is -0.345 e. The first kappa shape index (κ1) is 11.9. The van der Waals surface area contributed by atoms with Crippen molar-refractivity contribution >= 4 is 21.8 Å². The van der Waals surface area contributed by atoms with Gasteiger partial charge in [-0.05, 0) is 24.6 Å². The van der Waals surface area contributed by atoms with Gasteiger partial charge < -0.3 is 5.32 Å². The Balaban J connectivity index is 2.07. The van der Waals surface area contributed by atoms with Crippen LogP contribution in [-0.2, 0) is 0 Å². The summed E-state index contributed by atoms with van der Waals surface area (Å²) in [5.41, 5.74) is 1.59. The third-order valence-electron chi connectivity index (χ3n) is 2.46. The van der Waals surface area contributed by atoms with Gasteiger partial charge in [0.1, 0.15) is 0 Å². The van der Waals surface area contributed by atoms with Crippen molar-refractivity contribution in [3.63, 3.8) is 0 Å². The van der Waals surface area contributed by atoms with Crippen LogP contribution >= 0.6 is 15.9 Å². The number of hydrogen-bond acceptors (Lipinski definition) is 2. The average molecular weight is 294 g/mol. The highest BCUT2D eigenvalue weighted by molar-refractivity contribution is 9.10. The molecule has 0 aliphatic rings. The summed E-state index contributed by atoms with van der Waals surface area (Å²) in [7, 11) is 0. The normalized spacial score (nSPS) is 12.1. The molecule has 0 saturated heterocycles. The number of H-pyrrole nitrogens is 1. The first-order valence-electron chi connectivity index (χ1n) is 5.22. The molecule has 1 amide bonds. The van der Waals surface area contributed by atoms with Gasteiger partial charge in [-0.1, -0.05) is 28.1 Å². The van der Waals surface area contributed by atoms with E-state index >= 15 is 0 Å². The highest BCUT2D eigenvalue weighted by atomic mass is 79.9. The SMILES string of the molecule is CC(NC(=O)c1cn[nH]c1)c1cccc(Br)c1. The van der Waals surface area contributed by atoms with Crippen LogP contribution in [0.4, 0.5) is 0 Å². The third-order valence-corrected chi connectivity index (χ3v) is 2.95. The molecule has 2 N–H and O–H groups in total. The molecule has 0 aliphatic carbocycles. The van der Waals surface area contributed by atoms with Gasteiger partial charge in [0.15, 0.2) is 0 Å². The Morgan fingerprint density at radius 2 is 2.35 bits per heavy atom. The fourth-order valence-electron chi connectivity index (χ4n) is 1.51. The highest BCUT2D eigenvalue weighted by Crippen LogP contribution is 2.18. The predicted octanol–water partition coefficient (Wildman–Crippen LogP) is 2.66. The van der Waals surface area contributed by atoms with Crippen molar-refractivity contribution < 1.29 is 4.79 Å². The summed E-state index contributed by atoms with van der Waals surface area (Å²) in [4.78, 5) is 11.8. The second kappa shape index (κ2) is 5.14. The molecule has 0 spiro atoms. The molecular formula is C12H12BrN3O. The van der Waals surface area contributed by atoms with E-state index in [9.17, 15) is 4.79 Å². The first-order valence-corrected chi connectivity index (χ1v) is 6.01. The monoisotopic (exact) mass is 293 g/mol. The molecule has 0 aliphatic heterocycles. The van der Waals surface area contributed by atoms with Gasteiger partial charge in [0, 0.05) is 10.7 Å². The fraction of sp³-hybridized carbons (Fsp3) is 0.167. The second-order valence-electron chi connectivity index (χ2n) is 3.74. The van der Waals surface area contributed by atoms with Crippen molar-refractivity contribution in [3.8, 4) is 0 Å². The fourth-order valence-corrected chi connectivity index (χ4v) is 1.93. The molecule has 1 aromatic carbocycles. The Labute approximate surface area is 108 Å². The van der Waals surface area contributed by atoms with Crippen molar-refractivity contribution in [2.24, 2.45) is 0 Å². The number of nitrogens with one attached hydrogen (secondary N) is 2. The van der Waals surface area contributed by atoms with Crippen LogP contribution in [0, 0.1) is 0 Å². The zero-order valence-corrected chi connectivity index (χ0v) is 10.9. The Morgan fingerprint density at radius 1 is 1.53 bits per heavy atom. The molecule has 17 heavy (non-hydrogen) atoms. The van der Waals surface area contributed by atoms with E-state index in [1.54, 1.807) is 6.20 Å². The summed E-state index contributed by atoms with van der Waals surface area (Å²) >= 11 is 3.41. The summed E-state index contributed by atoms with van der Waals surface area (Å²) in [6.45, 7) is 1.94. The number of benzene rings is 1. The molecule has 1 aromatic heterocycles. The van der Waals surface area contributed by atoms with Crippen LogP contribution in [0.15, 0.2) is 41.1 Å². The van der Waals surface area contributed by atoms with Crippen molar-refractivity contribution in [2.75, 3.05) is 0 Å². The molecule has 1 atom stereocenters. The van der Waals surface area contributed by atoms with Gasteiger partial charge >= 0.3 is 0 Å². The Kier molecular flexibility index (Phi) is 3.58. The third kappa shape index (κ3) is 2.94. The Bertz CT molecular complexity index is 510. The molecular weight excluding hydrogens is 282 g/mol. The van der Waals surface area contributed by atoms with Crippen LogP contribution in [0.1, 0.15) is 28.9 Å². The zero-order valence-electron chi connectivity index (χ0n) is 9.27. The number of hydrogen-bond donors (Lipinski definition) is 2. The standard InChI is InChI=1S/C12H12BrN3O/c1-8(9-3-2-4-11(13)5-9)16-12(17)10-6-14-15-7-10/h2-8H,1H3,(H,14,15)(H,16,17). The van der Waals surface area contributed by atoms with E-state index in [2.05, 4.69) is 31.4 Å². The maximum absolute atomic E-state index is 11.8. The van der Waals surface area contributed by atoms with Gasteiger partial charge in [-0.3, -0.25) is 9.89 Å². The van der Waals surface area contributed by atoms with E-state index in [4.69, 9.17) is 0 Å². The summed E-state index contributed by atoms with van der Waals surface area (Å²) < 4.78 is 0.999. The van der Waals surface area contributed by atoms with E-state index in [0.29, 0.717) is 5.56 Å². The van der Waals surface area contributed by atoms with Crippen LogP contribution in [0.3, 0.4) is 0 Å². The molecule has 2 rings (SSSR count). The molecule has 5 heteroatoms. The Morgan fingerprint density at radius 3 is 3.00 bits per heavy atom. The van der Waals surface area contributed by atoms with Gasteiger partial charge in [0.2, 0.25) is 0 Å². The molecule has 0 bridgehead atoms. The number of carbonyl (C=O) groups excluding carboxylic acids is 1. The lowest BCUT2D eigenvalue weighted by Crippen LogP contribution is -2.26. The lowest BCUT2D eigenvalue weighted by atomic mass is 10.1. The summed E-state index contributed by atoms with van der Waals surface area (Å²) in [5.74, 6) is -0.133. The number of nitrogens with zero attached hydrogens (tertiary/aromatic N) is 1. The number of rotatable bonds is 3. The van der Waals surface area contributed by atoms with Crippen molar-refractivity contribution in [1.29, 1.82) is 0 Å². The van der Waals surface area contributed by atoms with E-state index in [1.165, 1.54) is 6.20 Å². The van der Waals surface area contributed by atoms with Crippen LogP contribution < -0.4 is 5.32 Å². The number of aromatic amines is 1. The van der Waals surface area contributed by atoms with Crippen LogP contribution in [0.25, 0.3) is 0 Å². The summed E-state index contributed by atoms with van der Waals surface area (Å²) in [6, 6.07) is 7.81. The average Bonchev–Trinajstić information content (AvgIpc) is 2.82. The van der Waals surface area contributed by atoms with Crippen LogP contribution in [0.5, 0.6) is 0 Å². The largest absolute Gasteiger partial charge is 0.345 e. The Hall–Kier alpha value is -1.62. The lowest BCUT2D eigenvalue weighted by molar-refractivity contribution is 0.0940. The summed E-state index contributed by atoms with van der Waals surface area (Å²) in [5, 5.41) is 9.26. The first-order chi connectivity index (χ1) is 8.16. The van der Waals surface area contributed by atoms with Gasteiger partial charge in [0.05, 0.1) is 17.8 Å². The van der Waals surface area contributed by atoms with Crippen molar-refractivity contribution in [3.05, 3.63) is 52.3 Å². The number of carbonyl (C=O) groups is 1. The van der Waals surface area contributed by atoms with E-state index in [0.717, 1.165) is 10.0 Å². The lowest BCUT2D eigenvalue weighted by Gasteiger charge is -2.13. The molecule has 0 saturated carbocycles. The van der Waals surface area contributed by atoms with Gasteiger partial charge in [-0.2, -0.15) is 5.10 Å². The van der Waals surface area contributed by atoms with Gasteiger partial charge in [-0.25, -0.2) is 0 Å². The van der Waals surface area contributed by atoms with Crippen molar-refractivity contribution in [1.82, 2.24) is 15.5 Å². The van der Waals surface area contributed by atoms with E-state index in [-0.39, 0.29) is 11.9 Å². The van der Waals surface area contributed by atoms with Crippen LogP contribution in [-0.4, -0.2) is 16.1 Å². The molecule has 88 valence electrons. The molecule has 0 radical (unpaired) electrons. The zero-order chi connectivity index (χ0) is 12.3. The summed E-state index contributed by atoms with van der Waals surface area (Å²) in [6.07, 6.45) is 3.08. The second-order valence-corrected chi connectivity index (χ2v) is 4.65. The van der Waals surface area contributed by atoms with Gasteiger partial charge in [-0.15, -0.1) is 0 Å². The minimum absolute atomic E-state index is 0.0464. The van der Waals surface area contributed by atoms with Gasteiger partial charge in [0.25, 0.3) is 5.91 Å². The number of aromatic nitrogens is 2. The highest BCUT2D eigenvalue weighted by Gasteiger charge is 2.12. The topological polar surface area (TPSA) is 57.8 Å². The van der Waals surface area contributed by atoms with Crippen molar-refractivity contribution in [2.45, 2.75) is 13.0 Å². The van der Waals surface area contributed by atoms with E-state index in [1.807, 2.05) is 31.2 Å². The maximum atomic E-state index is 11.8. The molecule has 4 nitrogen and oxygen atoms in total. The molecule has 0 fully saturated rings. The van der Waals surface area contributed by atoms with E-state index < -0.39 is 0 Å². The number of halogens is 1. The molecule has 1 heterocycles. The minimum atomic E-state index is -0.133. The maximum Gasteiger partial charge on any atom is 0.254 e. The van der Waals surface area contributed by atoms with Crippen LogP contribution in [0.2, 0.25) is 0 Å².